The molecule has 4 aromatic rings. The van der Waals surface area contributed by atoms with Crippen LogP contribution in [-0.2, 0) is 6.54 Å². The summed E-state index contributed by atoms with van der Waals surface area (Å²) in [5, 5.41) is 4.80. The normalized spacial score (nSPS) is 18.8. The Morgan fingerprint density at radius 1 is 1.10 bits per heavy atom. The summed E-state index contributed by atoms with van der Waals surface area (Å²) in [6.07, 6.45) is 5.71. The molecular weight excluding hydrogens is 382 g/mol. The summed E-state index contributed by atoms with van der Waals surface area (Å²) >= 11 is 0. The lowest BCUT2D eigenvalue weighted by atomic mass is 9.96. The molecule has 0 radical (unpaired) electrons. The van der Waals surface area contributed by atoms with Gasteiger partial charge in [-0.25, -0.2) is 14.8 Å². The Hall–Kier alpha value is -3.55. The van der Waals surface area contributed by atoms with Crippen LogP contribution in [0.1, 0.15) is 48.2 Å². The third-order valence-corrected chi connectivity index (χ3v) is 5.81. The van der Waals surface area contributed by atoms with Crippen molar-refractivity contribution in [2.75, 3.05) is 0 Å². The highest BCUT2D eigenvalue weighted by Gasteiger charge is 2.30. The highest BCUT2D eigenvalue weighted by molar-refractivity contribution is 5.72. The van der Waals surface area contributed by atoms with Crippen molar-refractivity contribution in [3.8, 4) is 0 Å². The van der Waals surface area contributed by atoms with Crippen molar-refractivity contribution in [3.63, 3.8) is 0 Å². The van der Waals surface area contributed by atoms with Crippen LogP contribution < -0.4 is 11.3 Å². The minimum atomic E-state index is -0.483. The fourth-order valence-corrected chi connectivity index (χ4v) is 4.20. The fraction of sp³-hybridized carbons (Fsp3) is 0.318. The molecule has 1 fully saturated rings. The van der Waals surface area contributed by atoms with Crippen molar-refractivity contribution in [2.24, 2.45) is 0 Å². The van der Waals surface area contributed by atoms with E-state index in [4.69, 9.17) is 4.42 Å². The van der Waals surface area contributed by atoms with Crippen molar-refractivity contribution in [2.45, 2.75) is 44.7 Å². The van der Waals surface area contributed by atoms with E-state index in [2.05, 4.69) is 46.3 Å². The standard InChI is InChI=1S/C22H21N5O3/c1-14-4-6-15(7-5-14)16-8-9-17(11-16)27-22(29)30-19(25-27)12-26-13-24-20-18(21(26)28)3-2-10-23-20/h2-7,10,13,16-17H,8-9,11-12H2,1H3/t16-,17-/m1/s1. The summed E-state index contributed by atoms with van der Waals surface area (Å²) in [7, 11) is 0. The predicted molar refractivity (Wildman–Crippen MR) is 110 cm³/mol. The van der Waals surface area contributed by atoms with E-state index < -0.39 is 5.76 Å². The topological polar surface area (TPSA) is 95.8 Å². The average molecular weight is 403 g/mol. The summed E-state index contributed by atoms with van der Waals surface area (Å²) in [5.41, 5.74) is 2.67. The minimum absolute atomic E-state index is 0.00282. The van der Waals surface area contributed by atoms with Crippen LogP contribution in [0.2, 0.25) is 0 Å². The van der Waals surface area contributed by atoms with Gasteiger partial charge in [0.15, 0.2) is 5.65 Å². The van der Waals surface area contributed by atoms with E-state index in [1.807, 2.05) is 0 Å². The largest absolute Gasteiger partial charge is 0.437 e. The minimum Gasteiger partial charge on any atom is -0.390 e. The van der Waals surface area contributed by atoms with Gasteiger partial charge >= 0.3 is 5.76 Å². The SMILES string of the molecule is Cc1ccc([C@@H]2CC[C@@H](n3nc(Cn4cnc5ncccc5c4=O)oc3=O)C2)cc1. The Morgan fingerprint density at radius 2 is 1.93 bits per heavy atom. The van der Waals surface area contributed by atoms with Gasteiger partial charge in [-0.15, -0.1) is 5.10 Å². The summed E-state index contributed by atoms with van der Waals surface area (Å²) in [5.74, 6) is 0.122. The number of aromatic nitrogens is 5. The second-order valence-corrected chi connectivity index (χ2v) is 7.83. The number of hydrogen-bond donors (Lipinski definition) is 0. The van der Waals surface area contributed by atoms with Gasteiger partial charge in [-0.05, 0) is 49.8 Å². The predicted octanol–water partition coefficient (Wildman–Crippen LogP) is 2.81. The molecule has 5 rings (SSSR count). The summed E-state index contributed by atoms with van der Waals surface area (Å²) in [4.78, 5) is 33.3. The van der Waals surface area contributed by atoms with E-state index >= 15 is 0 Å². The Kier molecular flexibility index (Phi) is 4.54. The molecule has 1 aliphatic carbocycles. The van der Waals surface area contributed by atoms with Gasteiger partial charge in [0.25, 0.3) is 5.56 Å². The van der Waals surface area contributed by atoms with Gasteiger partial charge < -0.3 is 4.42 Å². The first-order valence-electron chi connectivity index (χ1n) is 10.0. The zero-order chi connectivity index (χ0) is 20.7. The van der Waals surface area contributed by atoms with Gasteiger partial charge in [0, 0.05) is 6.20 Å². The number of fused-ring (bicyclic) bond motifs is 1. The van der Waals surface area contributed by atoms with Gasteiger partial charge in [0.2, 0.25) is 5.89 Å². The van der Waals surface area contributed by atoms with Crippen LogP contribution in [0.3, 0.4) is 0 Å². The average Bonchev–Trinajstić information content (AvgIpc) is 3.37. The number of hydrogen-bond acceptors (Lipinski definition) is 6. The van der Waals surface area contributed by atoms with Crippen molar-refractivity contribution in [1.29, 1.82) is 0 Å². The Bertz CT molecular complexity index is 1320. The highest BCUT2D eigenvalue weighted by atomic mass is 16.4. The van der Waals surface area contributed by atoms with Crippen LogP contribution in [0.15, 0.2) is 62.9 Å². The molecule has 0 saturated heterocycles. The molecule has 152 valence electrons. The molecule has 8 nitrogen and oxygen atoms in total. The molecule has 30 heavy (non-hydrogen) atoms. The summed E-state index contributed by atoms with van der Waals surface area (Å²) in [6, 6.07) is 11.9. The molecule has 1 aromatic carbocycles. The lowest BCUT2D eigenvalue weighted by molar-refractivity contribution is 0.401. The Balaban J connectivity index is 1.37. The first-order chi connectivity index (χ1) is 14.6. The van der Waals surface area contributed by atoms with Crippen LogP contribution >= 0.6 is 0 Å². The van der Waals surface area contributed by atoms with E-state index in [1.54, 1.807) is 18.3 Å². The third-order valence-electron chi connectivity index (χ3n) is 5.81. The lowest BCUT2D eigenvalue weighted by Crippen LogP contribution is -2.22. The van der Waals surface area contributed by atoms with Gasteiger partial charge in [0.05, 0.1) is 11.4 Å². The number of aryl methyl sites for hydroxylation is 1. The molecule has 0 unspecified atom stereocenters. The Labute approximate surface area is 171 Å². The van der Waals surface area contributed by atoms with Gasteiger partial charge in [-0.1, -0.05) is 29.8 Å². The molecule has 2 atom stereocenters. The van der Waals surface area contributed by atoms with Gasteiger partial charge in [-0.3, -0.25) is 9.36 Å². The third kappa shape index (κ3) is 3.34. The van der Waals surface area contributed by atoms with E-state index in [9.17, 15) is 9.59 Å². The molecule has 8 heteroatoms. The maximum Gasteiger partial charge on any atom is 0.437 e. The van der Waals surface area contributed by atoms with Gasteiger partial charge in [-0.2, -0.15) is 4.68 Å². The van der Waals surface area contributed by atoms with Crippen molar-refractivity contribution in [3.05, 3.63) is 86.8 Å². The quantitative estimate of drug-likeness (QED) is 0.520. The molecule has 3 aromatic heterocycles. The summed E-state index contributed by atoms with van der Waals surface area (Å²) < 4.78 is 8.16. The van der Waals surface area contributed by atoms with Gasteiger partial charge in [0.1, 0.15) is 12.9 Å². The molecule has 0 bridgehead atoms. The molecule has 1 saturated carbocycles. The molecule has 1 aliphatic rings. The first kappa shape index (κ1) is 18.5. The zero-order valence-corrected chi connectivity index (χ0v) is 16.6. The van der Waals surface area contributed by atoms with Crippen molar-refractivity contribution in [1.82, 2.24) is 24.3 Å². The first-order valence-corrected chi connectivity index (χ1v) is 10.0. The van der Waals surface area contributed by atoms with Crippen molar-refractivity contribution >= 4 is 11.0 Å². The summed E-state index contributed by atoms with van der Waals surface area (Å²) in [6.45, 7) is 2.12. The molecular formula is C22H21N5O3. The van der Waals surface area contributed by atoms with Crippen LogP contribution in [0.25, 0.3) is 11.0 Å². The zero-order valence-electron chi connectivity index (χ0n) is 16.6. The van der Waals surface area contributed by atoms with Crippen molar-refractivity contribution < 1.29 is 4.42 Å². The molecule has 0 amide bonds. The van der Waals surface area contributed by atoms with E-state index in [1.165, 1.54) is 26.7 Å². The van der Waals surface area contributed by atoms with E-state index in [0.717, 1.165) is 19.3 Å². The molecule has 0 aliphatic heterocycles. The second-order valence-electron chi connectivity index (χ2n) is 7.83. The number of pyridine rings is 1. The van der Waals surface area contributed by atoms with Crippen LogP contribution in [0.5, 0.6) is 0 Å². The Morgan fingerprint density at radius 3 is 2.77 bits per heavy atom. The number of benzene rings is 1. The van der Waals surface area contributed by atoms with E-state index in [-0.39, 0.29) is 24.0 Å². The molecule has 0 N–H and O–H groups in total. The van der Waals surface area contributed by atoms with Crippen LogP contribution in [0.4, 0.5) is 0 Å². The fourth-order valence-electron chi connectivity index (χ4n) is 4.20. The number of nitrogens with zero attached hydrogens (tertiary/aromatic N) is 5. The second kappa shape index (κ2) is 7.37. The molecule has 0 spiro atoms. The maximum atomic E-state index is 12.6. The monoisotopic (exact) mass is 403 g/mol. The molecule has 3 heterocycles. The van der Waals surface area contributed by atoms with E-state index in [0.29, 0.717) is 17.0 Å². The maximum absolute atomic E-state index is 12.6. The highest BCUT2D eigenvalue weighted by Crippen LogP contribution is 2.40. The van der Waals surface area contributed by atoms with Crippen LogP contribution in [-0.4, -0.2) is 24.3 Å². The number of rotatable bonds is 4. The lowest BCUT2D eigenvalue weighted by Gasteiger charge is -2.11. The smallest absolute Gasteiger partial charge is 0.390 e. The van der Waals surface area contributed by atoms with Crippen LogP contribution in [0, 0.1) is 6.92 Å².